The minimum atomic E-state index is -0.656. The van der Waals surface area contributed by atoms with Gasteiger partial charge < -0.3 is 23.9 Å². The first kappa shape index (κ1) is 23.0. The Kier molecular flexibility index (Phi) is 7.21. The molecule has 1 aromatic carbocycles. The lowest BCUT2D eigenvalue weighted by Gasteiger charge is -2.13. The van der Waals surface area contributed by atoms with Gasteiger partial charge in [-0.3, -0.25) is 9.69 Å². The number of rotatable bonds is 9. The molecule has 0 saturated carbocycles. The Labute approximate surface area is 189 Å². The number of amides is 3. The van der Waals surface area contributed by atoms with Gasteiger partial charge in [0, 0.05) is 0 Å². The van der Waals surface area contributed by atoms with E-state index in [-0.39, 0.29) is 35.4 Å². The number of halogens is 1. The lowest BCUT2D eigenvalue weighted by atomic mass is 10.1. The number of esters is 1. The number of carbonyl (C=O) groups is 3. The van der Waals surface area contributed by atoms with Crippen molar-refractivity contribution in [3.05, 3.63) is 64.7 Å². The molecule has 1 aromatic heterocycles. The normalized spacial score (nSPS) is 14.5. The van der Waals surface area contributed by atoms with Crippen LogP contribution >= 0.6 is 11.6 Å². The first-order valence-electron chi connectivity index (χ1n) is 9.59. The van der Waals surface area contributed by atoms with Gasteiger partial charge in [0.2, 0.25) is 5.76 Å². The van der Waals surface area contributed by atoms with E-state index in [9.17, 15) is 14.4 Å². The highest BCUT2D eigenvalue weighted by Crippen LogP contribution is 2.37. The van der Waals surface area contributed by atoms with E-state index >= 15 is 0 Å². The quantitative estimate of drug-likeness (QED) is 0.262. The first-order valence-corrected chi connectivity index (χ1v) is 9.97. The van der Waals surface area contributed by atoms with Crippen LogP contribution in [0.15, 0.2) is 47.0 Å². The van der Waals surface area contributed by atoms with Crippen molar-refractivity contribution in [3.8, 4) is 11.5 Å². The molecule has 168 valence electrons. The van der Waals surface area contributed by atoms with E-state index in [1.165, 1.54) is 25.3 Å². The van der Waals surface area contributed by atoms with Gasteiger partial charge in [0.05, 0.1) is 25.3 Å². The number of nitrogens with one attached hydrogen (secondary N) is 1. The molecule has 0 unspecified atom stereocenters. The molecule has 1 aliphatic heterocycles. The summed E-state index contributed by atoms with van der Waals surface area (Å²) in [5.41, 5.74) is 0.578. The maximum absolute atomic E-state index is 12.8. The average Bonchev–Trinajstić information content (AvgIpc) is 3.33. The Morgan fingerprint density at radius 2 is 2.06 bits per heavy atom. The molecule has 3 amide bonds. The smallest absolute Gasteiger partial charge is 0.373 e. The molecule has 0 aliphatic carbocycles. The molecule has 1 N–H and O–H groups in total. The van der Waals surface area contributed by atoms with Gasteiger partial charge in [-0.15, -0.1) is 0 Å². The van der Waals surface area contributed by atoms with Crippen LogP contribution < -0.4 is 14.8 Å². The number of hydrogen-bond donors (Lipinski definition) is 1. The summed E-state index contributed by atoms with van der Waals surface area (Å²) in [6.07, 6.45) is 3.06. The van der Waals surface area contributed by atoms with E-state index in [1.807, 2.05) is 6.92 Å². The fourth-order valence-corrected chi connectivity index (χ4v) is 3.20. The number of benzene rings is 1. The largest absolute Gasteiger partial charge is 0.490 e. The van der Waals surface area contributed by atoms with Gasteiger partial charge in [-0.1, -0.05) is 24.3 Å². The zero-order valence-electron chi connectivity index (χ0n) is 17.5. The molecule has 2 heterocycles. The topological polar surface area (TPSA) is 107 Å². The van der Waals surface area contributed by atoms with Crippen LogP contribution in [0.5, 0.6) is 11.5 Å². The molecule has 1 saturated heterocycles. The highest BCUT2D eigenvalue weighted by Gasteiger charge is 2.34. The Bertz CT molecular complexity index is 1090. The maximum Gasteiger partial charge on any atom is 0.373 e. The van der Waals surface area contributed by atoms with Crippen molar-refractivity contribution < 1.29 is 33.0 Å². The van der Waals surface area contributed by atoms with Gasteiger partial charge in [0.25, 0.3) is 5.91 Å². The third kappa shape index (κ3) is 4.94. The van der Waals surface area contributed by atoms with Crippen LogP contribution in [-0.2, 0) is 16.1 Å². The Morgan fingerprint density at radius 3 is 2.75 bits per heavy atom. The minimum Gasteiger partial charge on any atom is -0.490 e. The molecular formula is C22H21ClN2O7. The SMILES string of the molecule is C=CCOc1c(Cl)cc(C=C2NC(=O)N(Cc3ccc(C(=O)OC)o3)C2=O)cc1OCC. The second-order valence-electron chi connectivity index (χ2n) is 6.50. The summed E-state index contributed by atoms with van der Waals surface area (Å²) in [4.78, 5) is 37.6. The Morgan fingerprint density at radius 1 is 1.28 bits per heavy atom. The Hall–Kier alpha value is -3.72. The monoisotopic (exact) mass is 460 g/mol. The van der Waals surface area contributed by atoms with Crippen LogP contribution in [0.25, 0.3) is 6.08 Å². The van der Waals surface area contributed by atoms with Crippen molar-refractivity contribution in [1.82, 2.24) is 10.2 Å². The Balaban J connectivity index is 1.82. The summed E-state index contributed by atoms with van der Waals surface area (Å²) in [6.45, 7) is 5.88. The standard InChI is InChI=1S/C22H21ClN2O7/c1-4-8-31-19-15(23)9-13(11-18(19)30-5-2)10-16-20(26)25(22(28)24-16)12-14-6-7-17(32-14)21(27)29-3/h4,6-7,9-11H,1,5,8,12H2,2-3H3,(H,24,28). The van der Waals surface area contributed by atoms with Crippen molar-refractivity contribution in [2.24, 2.45) is 0 Å². The number of methoxy groups -OCH3 is 1. The van der Waals surface area contributed by atoms with Crippen molar-refractivity contribution in [2.45, 2.75) is 13.5 Å². The van der Waals surface area contributed by atoms with Crippen molar-refractivity contribution in [3.63, 3.8) is 0 Å². The van der Waals surface area contributed by atoms with E-state index in [4.69, 9.17) is 25.5 Å². The van der Waals surface area contributed by atoms with Gasteiger partial charge in [-0.05, 0) is 42.8 Å². The fourth-order valence-electron chi connectivity index (χ4n) is 2.93. The molecule has 0 atom stereocenters. The van der Waals surface area contributed by atoms with E-state index in [1.54, 1.807) is 18.2 Å². The molecule has 0 spiro atoms. The van der Waals surface area contributed by atoms with Crippen LogP contribution in [0.3, 0.4) is 0 Å². The lowest BCUT2D eigenvalue weighted by molar-refractivity contribution is -0.123. The number of hydrogen-bond acceptors (Lipinski definition) is 7. The molecule has 2 aromatic rings. The predicted molar refractivity (Wildman–Crippen MR) is 115 cm³/mol. The number of nitrogens with zero attached hydrogens (tertiary/aromatic N) is 1. The molecule has 3 rings (SSSR count). The van der Waals surface area contributed by atoms with Gasteiger partial charge in [0.1, 0.15) is 18.1 Å². The molecular weight excluding hydrogens is 440 g/mol. The van der Waals surface area contributed by atoms with Gasteiger partial charge in [0.15, 0.2) is 11.5 Å². The minimum absolute atomic E-state index is 0.0258. The van der Waals surface area contributed by atoms with E-state index < -0.39 is 17.9 Å². The number of carbonyl (C=O) groups excluding carboxylic acids is 3. The molecule has 10 heteroatoms. The van der Waals surface area contributed by atoms with Gasteiger partial charge >= 0.3 is 12.0 Å². The zero-order chi connectivity index (χ0) is 23.3. The molecule has 1 aliphatic rings. The number of ether oxygens (including phenoxy) is 3. The lowest BCUT2D eigenvalue weighted by Crippen LogP contribution is -2.30. The highest BCUT2D eigenvalue weighted by atomic mass is 35.5. The first-order chi connectivity index (χ1) is 15.4. The van der Waals surface area contributed by atoms with Gasteiger partial charge in [-0.25, -0.2) is 9.59 Å². The second kappa shape index (κ2) is 10.1. The molecule has 0 bridgehead atoms. The van der Waals surface area contributed by atoms with Crippen LogP contribution in [0.4, 0.5) is 4.79 Å². The molecule has 32 heavy (non-hydrogen) atoms. The van der Waals surface area contributed by atoms with E-state index in [0.717, 1.165) is 4.90 Å². The van der Waals surface area contributed by atoms with E-state index in [2.05, 4.69) is 16.6 Å². The summed E-state index contributed by atoms with van der Waals surface area (Å²) in [7, 11) is 1.22. The number of urea groups is 1. The number of furan rings is 1. The number of imide groups is 1. The average molecular weight is 461 g/mol. The second-order valence-corrected chi connectivity index (χ2v) is 6.91. The molecule has 1 fully saturated rings. The highest BCUT2D eigenvalue weighted by molar-refractivity contribution is 6.32. The molecule has 0 radical (unpaired) electrons. The van der Waals surface area contributed by atoms with Crippen molar-refractivity contribution in [2.75, 3.05) is 20.3 Å². The van der Waals surface area contributed by atoms with Crippen LogP contribution in [0.1, 0.15) is 28.8 Å². The fraction of sp³-hybridized carbons (Fsp3) is 0.227. The maximum atomic E-state index is 12.8. The molecule has 9 nitrogen and oxygen atoms in total. The van der Waals surface area contributed by atoms with Gasteiger partial charge in [-0.2, -0.15) is 0 Å². The van der Waals surface area contributed by atoms with E-state index in [0.29, 0.717) is 23.7 Å². The summed E-state index contributed by atoms with van der Waals surface area (Å²) >= 11 is 6.33. The summed E-state index contributed by atoms with van der Waals surface area (Å²) in [5, 5.41) is 2.80. The summed E-state index contributed by atoms with van der Waals surface area (Å²) in [6, 6.07) is 5.51. The summed E-state index contributed by atoms with van der Waals surface area (Å²) in [5.74, 6) is -0.238. The van der Waals surface area contributed by atoms with Crippen LogP contribution in [-0.4, -0.2) is 43.1 Å². The third-order valence-electron chi connectivity index (χ3n) is 4.31. The van der Waals surface area contributed by atoms with Crippen LogP contribution in [0.2, 0.25) is 5.02 Å². The van der Waals surface area contributed by atoms with Crippen LogP contribution in [0, 0.1) is 0 Å². The van der Waals surface area contributed by atoms with Crippen molar-refractivity contribution in [1.29, 1.82) is 0 Å². The van der Waals surface area contributed by atoms with Crippen molar-refractivity contribution >= 4 is 35.6 Å². The zero-order valence-corrected chi connectivity index (χ0v) is 18.2. The summed E-state index contributed by atoms with van der Waals surface area (Å²) < 4.78 is 21.1. The predicted octanol–water partition coefficient (Wildman–Crippen LogP) is 3.78. The third-order valence-corrected chi connectivity index (χ3v) is 4.59.